The van der Waals surface area contributed by atoms with Gasteiger partial charge in [-0.05, 0) is 36.9 Å². The molecule has 0 bridgehead atoms. The number of hydrogen-bond acceptors (Lipinski definition) is 5. The quantitative estimate of drug-likeness (QED) is 0.701. The van der Waals surface area contributed by atoms with E-state index in [2.05, 4.69) is 4.90 Å². The molecule has 0 spiro atoms. The molecule has 2 N–H and O–H groups in total. The van der Waals surface area contributed by atoms with Gasteiger partial charge < -0.3 is 20.3 Å². The highest BCUT2D eigenvalue weighted by atomic mass is 32.2. The fourth-order valence-electron chi connectivity index (χ4n) is 2.86. The van der Waals surface area contributed by atoms with Crippen molar-refractivity contribution < 1.29 is 14.3 Å². The summed E-state index contributed by atoms with van der Waals surface area (Å²) in [5, 5.41) is -0.195. The van der Waals surface area contributed by atoms with Crippen LogP contribution in [0.3, 0.4) is 0 Å². The number of likely N-dealkylation sites (N-methyl/N-ethyl adjacent to an activating group) is 1. The van der Waals surface area contributed by atoms with Crippen LogP contribution in [0.1, 0.15) is 18.9 Å². The van der Waals surface area contributed by atoms with Gasteiger partial charge in [-0.2, -0.15) is 0 Å². The first-order valence-corrected chi connectivity index (χ1v) is 10.1. The van der Waals surface area contributed by atoms with Crippen molar-refractivity contribution in [1.29, 1.82) is 0 Å². The Bertz CT molecular complexity index is 594. The molecule has 1 aliphatic heterocycles. The van der Waals surface area contributed by atoms with Gasteiger partial charge in [0.25, 0.3) is 0 Å². The van der Waals surface area contributed by atoms with Gasteiger partial charge in [0.15, 0.2) is 0 Å². The van der Waals surface area contributed by atoms with Gasteiger partial charge in [0, 0.05) is 26.1 Å². The van der Waals surface area contributed by atoms with Crippen LogP contribution in [-0.2, 0) is 16.0 Å². The minimum absolute atomic E-state index is 0.194. The van der Waals surface area contributed by atoms with E-state index in [-0.39, 0.29) is 17.1 Å². The van der Waals surface area contributed by atoms with E-state index in [1.54, 1.807) is 11.8 Å². The van der Waals surface area contributed by atoms with Gasteiger partial charge in [-0.15, -0.1) is 11.8 Å². The molecule has 1 heterocycles. The standard InChI is InChI=1S/C19H29N3O3S/c1-3-26-17(19(20)24)14-15-4-6-16(7-5-15)25-13-12-22-11-10-21(2)9-8-18(22)23/h4-7,17H,3,8-14H2,1-2H3,(H2,20,24). The molecule has 0 aliphatic carbocycles. The highest BCUT2D eigenvalue weighted by Gasteiger charge is 2.19. The third-order valence-corrected chi connectivity index (χ3v) is 5.61. The van der Waals surface area contributed by atoms with E-state index in [0.29, 0.717) is 26.0 Å². The summed E-state index contributed by atoms with van der Waals surface area (Å²) in [6, 6.07) is 7.74. The molecule has 1 fully saturated rings. The molecule has 1 aromatic rings. The summed E-state index contributed by atoms with van der Waals surface area (Å²) in [6.07, 6.45) is 1.20. The van der Waals surface area contributed by atoms with E-state index < -0.39 is 0 Å². The van der Waals surface area contributed by atoms with Gasteiger partial charge in [0.05, 0.1) is 11.8 Å². The van der Waals surface area contributed by atoms with Crippen LogP contribution < -0.4 is 10.5 Å². The molecule has 2 amide bonds. The lowest BCUT2D eigenvalue weighted by Gasteiger charge is -2.20. The Hall–Kier alpha value is -1.73. The lowest BCUT2D eigenvalue weighted by Crippen LogP contribution is -2.35. The van der Waals surface area contributed by atoms with Crippen molar-refractivity contribution in [1.82, 2.24) is 9.80 Å². The average Bonchev–Trinajstić information content (AvgIpc) is 2.78. The largest absolute Gasteiger partial charge is 0.492 e. The number of primary amides is 1. The fraction of sp³-hybridized carbons (Fsp3) is 0.579. The minimum atomic E-state index is -0.273. The third-order valence-electron chi connectivity index (χ3n) is 4.47. The van der Waals surface area contributed by atoms with Crippen molar-refractivity contribution in [3.63, 3.8) is 0 Å². The number of ether oxygens (including phenoxy) is 1. The lowest BCUT2D eigenvalue weighted by molar-refractivity contribution is -0.130. The second-order valence-electron chi connectivity index (χ2n) is 6.48. The Morgan fingerprint density at radius 3 is 2.65 bits per heavy atom. The van der Waals surface area contributed by atoms with Gasteiger partial charge in [-0.25, -0.2) is 0 Å². The number of nitrogens with zero attached hydrogens (tertiary/aromatic N) is 2. The molecule has 2 rings (SSSR count). The number of amides is 2. The number of carbonyl (C=O) groups excluding carboxylic acids is 2. The normalized spacial score (nSPS) is 17.0. The molecule has 7 heteroatoms. The molecule has 6 nitrogen and oxygen atoms in total. The number of carbonyl (C=O) groups is 2. The summed E-state index contributed by atoms with van der Waals surface area (Å²) in [6.45, 7) is 5.57. The molecule has 1 unspecified atom stereocenters. The third kappa shape index (κ3) is 6.53. The van der Waals surface area contributed by atoms with E-state index in [9.17, 15) is 9.59 Å². The van der Waals surface area contributed by atoms with Crippen LogP contribution >= 0.6 is 11.8 Å². The highest BCUT2D eigenvalue weighted by molar-refractivity contribution is 8.00. The molecule has 1 aromatic carbocycles. The zero-order valence-electron chi connectivity index (χ0n) is 15.6. The van der Waals surface area contributed by atoms with Crippen LogP contribution in [0.15, 0.2) is 24.3 Å². The molecule has 1 atom stereocenters. The van der Waals surface area contributed by atoms with Crippen molar-refractivity contribution >= 4 is 23.6 Å². The smallest absolute Gasteiger partial charge is 0.230 e. The molecule has 0 aromatic heterocycles. The topological polar surface area (TPSA) is 75.9 Å². The van der Waals surface area contributed by atoms with Crippen LogP contribution in [0.5, 0.6) is 5.75 Å². The second kappa shape index (κ2) is 10.4. The monoisotopic (exact) mass is 379 g/mol. The summed E-state index contributed by atoms with van der Waals surface area (Å²) < 4.78 is 5.78. The maximum Gasteiger partial charge on any atom is 0.230 e. The predicted molar refractivity (Wildman–Crippen MR) is 105 cm³/mol. The molecule has 1 saturated heterocycles. The Morgan fingerprint density at radius 1 is 1.27 bits per heavy atom. The van der Waals surface area contributed by atoms with Crippen LogP contribution in [0.25, 0.3) is 0 Å². The number of nitrogens with two attached hydrogens (primary N) is 1. The van der Waals surface area contributed by atoms with Gasteiger partial charge in [-0.3, -0.25) is 9.59 Å². The first kappa shape index (κ1) is 20.6. The zero-order valence-corrected chi connectivity index (χ0v) is 16.5. The molecule has 144 valence electrons. The first-order valence-electron chi connectivity index (χ1n) is 9.08. The highest BCUT2D eigenvalue weighted by Crippen LogP contribution is 2.19. The van der Waals surface area contributed by atoms with E-state index in [4.69, 9.17) is 10.5 Å². The van der Waals surface area contributed by atoms with E-state index in [0.717, 1.165) is 36.7 Å². The lowest BCUT2D eigenvalue weighted by atomic mass is 10.1. The Morgan fingerprint density at radius 2 is 2.00 bits per heavy atom. The van der Waals surface area contributed by atoms with Crippen LogP contribution in [0.4, 0.5) is 0 Å². The summed E-state index contributed by atoms with van der Waals surface area (Å²) in [5.74, 6) is 1.55. The summed E-state index contributed by atoms with van der Waals surface area (Å²) >= 11 is 1.57. The number of benzene rings is 1. The zero-order chi connectivity index (χ0) is 18.9. The summed E-state index contributed by atoms with van der Waals surface area (Å²) in [5.41, 5.74) is 6.51. The maximum absolute atomic E-state index is 12.1. The number of hydrogen-bond donors (Lipinski definition) is 1. The molecule has 0 saturated carbocycles. The van der Waals surface area contributed by atoms with Crippen molar-refractivity contribution in [2.24, 2.45) is 5.73 Å². The van der Waals surface area contributed by atoms with Crippen molar-refractivity contribution in [2.45, 2.75) is 25.0 Å². The molecule has 1 aliphatic rings. The van der Waals surface area contributed by atoms with E-state index in [1.807, 2.05) is 43.1 Å². The summed E-state index contributed by atoms with van der Waals surface area (Å²) in [7, 11) is 2.04. The minimum Gasteiger partial charge on any atom is -0.492 e. The maximum atomic E-state index is 12.1. The average molecular weight is 380 g/mol. The van der Waals surface area contributed by atoms with E-state index in [1.165, 1.54) is 0 Å². The first-order chi connectivity index (χ1) is 12.5. The molecular formula is C19H29N3O3S. The van der Waals surface area contributed by atoms with Crippen LogP contribution in [0.2, 0.25) is 0 Å². The van der Waals surface area contributed by atoms with Gasteiger partial charge in [0.1, 0.15) is 12.4 Å². The SMILES string of the molecule is CCSC(Cc1ccc(OCCN2CCN(C)CCC2=O)cc1)C(N)=O. The van der Waals surface area contributed by atoms with Crippen molar-refractivity contribution in [3.05, 3.63) is 29.8 Å². The van der Waals surface area contributed by atoms with Gasteiger partial charge in [0.2, 0.25) is 11.8 Å². The van der Waals surface area contributed by atoms with Crippen molar-refractivity contribution in [2.75, 3.05) is 45.6 Å². The second-order valence-corrected chi connectivity index (χ2v) is 7.96. The Balaban J connectivity index is 1.80. The van der Waals surface area contributed by atoms with E-state index >= 15 is 0 Å². The Kier molecular flexibility index (Phi) is 8.25. The van der Waals surface area contributed by atoms with Crippen LogP contribution in [-0.4, -0.2) is 72.5 Å². The Labute approximate surface area is 160 Å². The number of rotatable bonds is 9. The van der Waals surface area contributed by atoms with Crippen molar-refractivity contribution in [3.8, 4) is 5.75 Å². The molecule has 0 radical (unpaired) electrons. The van der Waals surface area contributed by atoms with Crippen LogP contribution in [0, 0.1) is 0 Å². The molecule has 26 heavy (non-hydrogen) atoms. The van der Waals surface area contributed by atoms with Gasteiger partial charge in [-0.1, -0.05) is 19.1 Å². The fourth-order valence-corrected chi connectivity index (χ4v) is 3.74. The predicted octanol–water partition coefficient (Wildman–Crippen LogP) is 1.38. The van der Waals surface area contributed by atoms with Gasteiger partial charge >= 0.3 is 0 Å². The number of thioether (sulfide) groups is 1. The molecular weight excluding hydrogens is 350 g/mol. The summed E-state index contributed by atoms with van der Waals surface area (Å²) in [4.78, 5) is 27.6.